The zero-order valence-electron chi connectivity index (χ0n) is 14.1. The molecular weight excluding hydrogens is 324 g/mol. The highest BCUT2D eigenvalue weighted by atomic mass is 16.6. The lowest BCUT2D eigenvalue weighted by molar-refractivity contribution is -0.143. The Kier molecular flexibility index (Phi) is 4.27. The molecule has 2 aliphatic rings. The highest BCUT2D eigenvalue weighted by Gasteiger charge is 2.32. The number of ether oxygens (including phenoxy) is 2. The van der Waals surface area contributed by atoms with Gasteiger partial charge in [-0.1, -0.05) is 12.1 Å². The van der Waals surface area contributed by atoms with Gasteiger partial charge in [-0.15, -0.1) is 10.2 Å². The van der Waals surface area contributed by atoms with Crippen LogP contribution in [0.1, 0.15) is 11.8 Å². The number of rotatable bonds is 3. The second-order valence-electron chi connectivity index (χ2n) is 6.18. The second-order valence-corrected chi connectivity index (χ2v) is 6.18. The average molecular weight is 344 g/mol. The van der Waals surface area contributed by atoms with Gasteiger partial charge in [-0.2, -0.15) is 0 Å². The van der Waals surface area contributed by atoms with Crippen LogP contribution in [0.3, 0.4) is 0 Å². The predicted molar refractivity (Wildman–Crippen MR) is 87.2 cm³/mol. The van der Waals surface area contributed by atoms with E-state index in [0.717, 1.165) is 13.1 Å². The lowest BCUT2D eigenvalue weighted by atomic mass is 10.2. The van der Waals surface area contributed by atoms with Gasteiger partial charge < -0.3 is 18.8 Å². The summed E-state index contributed by atoms with van der Waals surface area (Å²) in [5.74, 6) is 2.46. The number of para-hydroxylation sites is 2. The molecule has 0 saturated carbocycles. The minimum absolute atomic E-state index is 0.0252. The maximum atomic E-state index is 12.7. The molecule has 1 amide bonds. The molecule has 8 heteroatoms. The summed E-state index contributed by atoms with van der Waals surface area (Å²) in [5, 5.41) is 7.85. The number of benzene rings is 1. The molecule has 2 aromatic rings. The van der Waals surface area contributed by atoms with Gasteiger partial charge in [0, 0.05) is 33.1 Å². The van der Waals surface area contributed by atoms with Crippen molar-refractivity contribution in [3.63, 3.8) is 0 Å². The van der Waals surface area contributed by atoms with Crippen molar-refractivity contribution in [2.75, 3.05) is 32.8 Å². The van der Waals surface area contributed by atoms with Gasteiger partial charge in [0.05, 0.1) is 6.54 Å². The van der Waals surface area contributed by atoms with Gasteiger partial charge in [-0.25, -0.2) is 0 Å². The summed E-state index contributed by atoms with van der Waals surface area (Å²) < 4.78 is 16.9. The maximum Gasteiger partial charge on any atom is 0.267 e. The Morgan fingerprint density at radius 1 is 1.16 bits per heavy atom. The fraction of sp³-hybridized carbons (Fsp3) is 0.471. The molecule has 0 radical (unpaired) electrons. The predicted octanol–water partition coefficient (Wildman–Crippen LogP) is 0.862. The molecule has 0 bridgehead atoms. The molecule has 8 nitrogen and oxygen atoms in total. The van der Waals surface area contributed by atoms with E-state index in [-0.39, 0.29) is 12.5 Å². The maximum absolute atomic E-state index is 12.7. The Balaban J connectivity index is 1.31. The number of aromatic nitrogens is 2. The van der Waals surface area contributed by atoms with Crippen LogP contribution >= 0.6 is 0 Å². The van der Waals surface area contributed by atoms with Crippen LogP contribution in [0.4, 0.5) is 0 Å². The summed E-state index contributed by atoms with van der Waals surface area (Å²) in [7, 11) is 0. The van der Waals surface area contributed by atoms with Gasteiger partial charge >= 0.3 is 0 Å². The van der Waals surface area contributed by atoms with E-state index in [9.17, 15) is 4.79 Å². The summed E-state index contributed by atoms with van der Waals surface area (Å²) in [6.07, 6.45) is -0.583. The van der Waals surface area contributed by atoms with Crippen LogP contribution in [0.2, 0.25) is 0 Å². The average Bonchev–Trinajstić information content (AvgIpc) is 3.06. The second kappa shape index (κ2) is 6.72. The van der Waals surface area contributed by atoms with Crippen LogP contribution < -0.4 is 9.47 Å². The van der Waals surface area contributed by atoms with Gasteiger partial charge in [-0.05, 0) is 12.1 Å². The number of carbonyl (C=O) groups is 1. The van der Waals surface area contributed by atoms with Crippen LogP contribution in [0.25, 0.3) is 0 Å². The molecule has 1 aromatic heterocycles. The molecular formula is C17H20N4O4. The normalized spacial score (nSPS) is 20.5. The summed E-state index contributed by atoms with van der Waals surface area (Å²) in [6, 6.07) is 7.41. The summed E-state index contributed by atoms with van der Waals surface area (Å²) in [5.41, 5.74) is 0. The minimum Gasteiger partial charge on any atom is -0.485 e. The fourth-order valence-electron chi connectivity index (χ4n) is 3.06. The van der Waals surface area contributed by atoms with Crippen molar-refractivity contribution in [2.24, 2.45) is 0 Å². The molecule has 1 aromatic carbocycles. The Morgan fingerprint density at radius 3 is 2.64 bits per heavy atom. The Labute approximate surface area is 145 Å². The first kappa shape index (κ1) is 15.9. The lowest BCUT2D eigenvalue weighted by Gasteiger charge is -2.36. The molecule has 1 saturated heterocycles. The van der Waals surface area contributed by atoms with Crippen LogP contribution in [0.15, 0.2) is 28.7 Å². The summed E-state index contributed by atoms with van der Waals surface area (Å²) >= 11 is 0. The molecule has 0 spiro atoms. The minimum atomic E-state index is -0.583. The zero-order chi connectivity index (χ0) is 17.2. The lowest BCUT2D eigenvalue weighted by Crippen LogP contribution is -2.53. The monoisotopic (exact) mass is 344 g/mol. The van der Waals surface area contributed by atoms with Crippen molar-refractivity contribution >= 4 is 5.91 Å². The van der Waals surface area contributed by atoms with Crippen molar-refractivity contribution in [1.82, 2.24) is 20.0 Å². The Hall–Kier alpha value is -2.61. The zero-order valence-corrected chi connectivity index (χ0v) is 14.1. The first-order valence-corrected chi connectivity index (χ1v) is 8.37. The van der Waals surface area contributed by atoms with Gasteiger partial charge in [0.1, 0.15) is 6.61 Å². The van der Waals surface area contributed by atoms with Gasteiger partial charge in [0.15, 0.2) is 11.5 Å². The molecule has 132 valence electrons. The third-order valence-electron chi connectivity index (χ3n) is 4.39. The van der Waals surface area contributed by atoms with Crippen molar-refractivity contribution in [3.05, 3.63) is 36.0 Å². The molecule has 4 rings (SSSR count). The van der Waals surface area contributed by atoms with E-state index >= 15 is 0 Å². The van der Waals surface area contributed by atoms with Crippen molar-refractivity contribution in [2.45, 2.75) is 19.6 Å². The van der Waals surface area contributed by atoms with Crippen molar-refractivity contribution < 1.29 is 18.7 Å². The number of piperazine rings is 1. The van der Waals surface area contributed by atoms with Gasteiger partial charge in [-0.3, -0.25) is 9.69 Å². The van der Waals surface area contributed by atoms with Gasteiger partial charge in [0.2, 0.25) is 17.9 Å². The van der Waals surface area contributed by atoms with E-state index < -0.39 is 6.10 Å². The van der Waals surface area contributed by atoms with Crippen LogP contribution in [0.5, 0.6) is 11.5 Å². The molecule has 3 heterocycles. The van der Waals surface area contributed by atoms with Gasteiger partial charge in [0.25, 0.3) is 5.91 Å². The Bertz CT molecular complexity index is 755. The number of carbonyl (C=O) groups excluding carboxylic acids is 1. The molecule has 2 aliphatic heterocycles. The molecule has 1 atom stereocenters. The standard InChI is InChI=1S/C17H20N4O4/c1-12-18-19-16(24-12)10-20-6-8-21(9-7-20)17(22)15-11-23-13-4-2-3-5-14(13)25-15/h2-5,15H,6-11H2,1H3. The molecule has 25 heavy (non-hydrogen) atoms. The quantitative estimate of drug-likeness (QED) is 0.817. The summed E-state index contributed by atoms with van der Waals surface area (Å²) in [4.78, 5) is 16.7. The first-order chi connectivity index (χ1) is 12.2. The van der Waals surface area contributed by atoms with E-state index in [1.807, 2.05) is 29.2 Å². The molecule has 1 unspecified atom stereocenters. The third-order valence-corrected chi connectivity index (χ3v) is 4.39. The molecule has 1 fully saturated rings. The largest absolute Gasteiger partial charge is 0.485 e. The SMILES string of the molecule is Cc1nnc(CN2CCN(C(=O)C3COc4ccccc4O3)CC2)o1. The van der Waals surface area contributed by atoms with Crippen LogP contribution in [-0.4, -0.2) is 64.8 Å². The van der Waals surface area contributed by atoms with E-state index in [2.05, 4.69) is 15.1 Å². The third kappa shape index (κ3) is 3.43. The number of hydrogen-bond donors (Lipinski definition) is 0. The highest BCUT2D eigenvalue weighted by molar-refractivity contribution is 5.82. The van der Waals surface area contributed by atoms with E-state index in [1.54, 1.807) is 6.92 Å². The van der Waals surface area contributed by atoms with E-state index in [4.69, 9.17) is 13.9 Å². The highest BCUT2D eigenvalue weighted by Crippen LogP contribution is 2.31. The number of hydrogen-bond acceptors (Lipinski definition) is 7. The Morgan fingerprint density at radius 2 is 1.92 bits per heavy atom. The van der Waals surface area contributed by atoms with Crippen LogP contribution in [-0.2, 0) is 11.3 Å². The molecule has 0 N–H and O–H groups in total. The number of fused-ring (bicyclic) bond motifs is 1. The molecule has 0 aliphatic carbocycles. The smallest absolute Gasteiger partial charge is 0.267 e. The van der Waals surface area contributed by atoms with E-state index in [0.29, 0.717) is 42.9 Å². The number of aryl methyl sites for hydroxylation is 1. The first-order valence-electron chi connectivity index (χ1n) is 8.37. The number of nitrogens with zero attached hydrogens (tertiary/aromatic N) is 4. The van der Waals surface area contributed by atoms with Crippen molar-refractivity contribution in [1.29, 1.82) is 0 Å². The number of amides is 1. The fourth-order valence-corrected chi connectivity index (χ4v) is 3.06. The summed E-state index contributed by atoms with van der Waals surface area (Å²) in [6.45, 7) is 5.45. The van der Waals surface area contributed by atoms with Crippen LogP contribution in [0, 0.1) is 6.92 Å². The van der Waals surface area contributed by atoms with Crippen molar-refractivity contribution in [3.8, 4) is 11.5 Å². The topological polar surface area (TPSA) is 80.9 Å². The van der Waals surface area contributed by atoms with E-state index in [1.165, 1.54) is 0 Å².